The van der Waals surface area contributed by atoms with E-state index in [9.17, 15) is 0 Å². The molecule has 120 valence electrons. The highest BCUT2D eigenvalue weighted by Gasteiger charge is 2.09. The van der Waals surface area contributed by atoms with E-state index >= 15 is 0 Å². The molecule has 0 saturated carbocycles. The van der Waals surface area contributed by atoms with Gasteiger partial charge in [-0.05, 0) is 42.2 Å². The number of aromatic nitrogens is 1. The number of thiazole rings is 1. The lowest BCUT2D eigenvalue weighted by Gasteiger charge is -2.14. The molecule has 1 heterocycles. The second kappa shape index (κ2) is 7.01. The van der Waals surface area contributed by atoms with Gasteiger partial charge in [0.2, 0.25) is 0 Å². The van der Waals surface area contributed by atoms with Gasteiger partial charge in [-0.15, -0.1) is 0 Å². The number of ether oxygens (including phenoxy) is 2. The summed E-state index contributed by atoms with van der Waals surface area (Å²) in [5.74, 6) is 1.45. The Morgan fingerprint density at radius 1 is 1.04 bits per heavy atom. The van der Waals surface area contributed by atoms with Gasteiger partial charge in [-0.25, -0.2) is 4.98 Å². The molecule has 0 aliphatic carbocycles. The van der Waals surface area contributed by atoms with Crippen LogP contribution in [-0.4, -0.2) is 11.6 Å². The second-order valence-corrected chi connectivity index (χ2v) is 6.97. The highest BCUT2D eigenvalue weighted by molar-refractivity contribution is 7.20. The van der Waals surface area contributed by atoms with Crippen molar-refractivity contribution >= 4 is 21.6 Å². The van der Waals surface area contributed by atoms with Crippen LogP contribution in [0.2, 0.25) is 0 Å². The SMILES string of the molecule is Cc1c(COc2nc3ccccc3s2)cccc1OCC(C)C. The van der Waals surface area contributed by atoms with E-state index in [1.165, 1.54) is 0 Å². The van der Waals surface area contributed by atoms with Crippen molar-refractivity contribution < 1.29 is 9.47 Å². The predicted molar refractivity (Wildman–Crippen MR) is 95.5 cm³/mol. The van der Waals surface area contributed by atoms with Crippen LogP contribution < -0.4 is 9.47 Å². The average molecular weight is 327 g/mol. The van der Waals surface area contributed by atoms with Crippen LogP contribution in [0.25, 0.3) is 10.2 Å². The maximum absolute atomic E-state index is 5.89. The van der Waals surface area contributed by atoms with E-state index in [0.717, 1.165) is 33.7 Å². The van der Waals surface area contributed by atoms with Gasteiger partial charge in [-0.3, -0.25) is 0 Å². The third kappa shape index (κ3) is 3.82. The molecule has 0 atom stereocenters. The molecule has 0 N–H and O–H groups in total. The van der Waals surface area contributed by atoms with Crippen molar-refractivity contribution in [3.63, 3.8) is 0 Å². The normalized spacial score (nSPS) is 11.1. The molecular formula is C19H21NO2S. The first-order valence-electron chi connectivity index (χ1n) is 7.83. The summed E-state index contributed by atoms with van der Waals surface area (Å²) in [5.41, 5.74) is 3.25. The third-order valence-electron chi connectivity index (χ3n) is 3.59. The van der Waals surface area contributed by atoms with E-state index in [-0.39, 0.29) is 0 Å². The van der Waals surface area contributed by atoms with E-state index < -0.39 is 0 Å². The Balaban J connectivity index is 1.71. The number of fused-ring (bicyclic) bond motifs is 1. The summed E-state index contributed by atoms with van der Waals surface area (Å²) < 4.78 is 12.9. The lowest BCUT2D eigenvalue weighted by molar-refractivity contribution is 0.266. The maximum atomic E-state index is 5.89. The molecule has 0 spiro atoms. The summed E-state index contributed by atoms with van der Waals surface area (Å²) in [6, 6.07) is 14.2. The van der Waals surface area contributed by atoms with Gasteiger partial charge in [0.25, 0.3) is 5.19 Å². The molecule has 0 aliphatic rings. The number of hydrogen-bond acceptors (Lipinski definition) is 4. The van der Waals surface area contributed by atoms with Gasteiger partial charge in [-0.2, -0.15) is 0 Å². The molecular weight excluding hydrogens is 306 g/mol. The minimum Gasteiger partial charge on any atom is -0.493 e. The van der Waals surface area contributed by atoms with Gasteiger partial charge >= 0.3 is 0 Å². The largest absolute Gasteiger partial charge is 0.493 e. The molecule has 0 amide bonds. The molecule has 2 aromatic carbocycles. The molecule has 0 fully saturated rings. The topological polar surface area (TPSA) is 31.4 Å². The zero-order valence-corrected chi connectivity index (χ0v) is 14.5. The van der Waals surface area contributed by atoms with Gasteiger partial charge in [0.1, 0.15) is 12.4 Å². The van der Waals surface area contributed by atoms with Crippen molar-refractivity contribution in [2.45, 2.75) is 27.4 Å². The van der Waals surface area contributed by atoms with E-state index in [4.69, 9.17) is 9.47 Å². The van der Waals surface area contributed by atoms with Crippen LogP contribution in [0.4, 0.5) is 0 Å². The van der Waals surface area contributed by atoms with Crippen LogP contribution in [0.15, 0.2) is 42.5 Å². The monoisotopic (exact) mass is 327 g/mol. The van der Waals surface area contributed by atoms with E-state index in [1.54, 1.807) is 11.3 Å². The summed E-state index contributed by atoms with van der Waals surface area (Å²) in [6.45, 7) is 7.60. The molecule has 1 aromatic heterocycles. The van der Waals surface area contributed by atoms with Gasteiger partial charge in [0, 0.05) is 0 Å². The molecule has 23 heavy (non-hydrogen) atoms. The van der Waals surface area contributed by atoms with Crippen LogP contribution in [-0.2, 0) is 6.61 Å². The number of rotatable bonds is 6. The summed E-state index contributed by atoms with van der Waals surface area (Å²) in [5, 5.41) is 0.708. The van der Waals surface area contributed by atoms with Gasteiger partial charge in [0.15, 0.2) is 0 Å². The number of para-hydroxylation sites is 1. The molecule has 0 bridgehead atoms. The zero-order valence-electron chi connectivity index (χ0n) is 13.7. The standard InChI is InChI=1S/C19H21NO2S/c1-13(2)11-21-17-9-6-7-15(14(17)3)12-22-19-20-16-8-4-5-10-18(16)23-19/h4-10,13H,11-12H2,1-3H3. The smallest absolute Gasteiger partial charge is 0.274 e. The fourth-order valence-electron chi connectivity index (χ4n) is 2.28. The van der Waals surface area contributed by atoms with Crippen molar-refractivity contribution in [2.75, 3.05) is 6.61 Å². The van der Waals surface area contributed by atoms with E-state index in [2.05, 4.69) is 37.9 Å². The fraction of sp³-hybridized carbons (Fsp3) is 0.316. The van der Waals surface area contributed by atoms with Crippen LogP contribution in [0.3, 0.4) is 0 Å². The van der Waals surface area contributed by atoms with Crippen LogP contribution >= 0.6 is 11.3 Å². The van der Waals surface area contributed by atoms with Crippen molar-refractivity contribution in [2.24, 2.45) is 5.92 Å². The summed E-state index contributed by atoms with van der Waals surface area (Å²) >= 11 is 1.58. The summed E-state index contributed by atoms with van der Waals surface area (Å²) in [7, 11) is 0. The predicted octanol–water partition coefficient (Wildman–Crippen LogP) is 5.22. The van der Waals surface area contributed by atoms with E-state index in [1.807, 2.05) is 30.3 Å². The Morgan fingerprint density at radius 2 is 1.87 bits per heavy atom. The average Bonchev–Trinajstić information content (AvgIpc) is 2.95. The molecule has 0 unspecified atom stereocenters. The minimum absolute atomic E-state index is 0.504. The van der Waals surface area contributed by atoms with Crippen molar-refractivity contribution in [1.82, 2.24) is 4.98 Å². The first-order chi connectivity index (χ1) is 11.1. The maximum Gasteiger partial charge on any atom is 0.274 e. The Morgan fingerprint density at radius 3 is 2.65 bits per heavy atom. The summed E-state index contributed by atoms with van der Waals surface area (Å²) in [6.07, 6.45) is 0. The number of benzene rings is 2. The van der Waals surface area contributed by atoms with E-state index in [0.29, 0.717) is 17.7 Å². The van der Waals surface area contributed by atoms with Gasteiger partial charge in [0.05, 0.1) is 16.8 Å². The highest BCUT2D eigenvalue weighted by atomic mass is 32.1. The molecule has 3 aromatic rings. The molecule has 4 heteroatoms. The Hall–Kier alpha value is -2.07. The zero-order chi connectivity index (χ0) is 16.2. The second-order valence-electron chi connectivity index (χ2n) is 5.98. The van der Waals surface area contributed by atoms with Gasteiger partial charge in [-0.1, -0.05) is 49.4 Å². The fourth-order valence-corrected chi connectivity index (χ4v) is 3.10. The van der Waals surface area contributed by atoms with Crippen molar-refractivity contribution in [3.05, 3.63) is 53.6 Å². The highest BCUT2D eigenvalue weighted by Crippen LogP contribution is 2.29. The first kappa shape index (κ1) is 15.8. The number of nitrogens with zero attached hydrogens (tertiary/aromatic N) is 1. The Kier molecular flexibility index (Phi) is 4.82. The molecule has 0 saturated heterocycles. The van der Waals surface area contributed by atoms with Gasteiger partial charge < -0.3 is 9.47 Å². The lowest BCUT2D eigenvalue weighted by atomic mass is 10.1. The number of hydrogen-bond donors (Lipinski definition) is 0. The molecule has 0 aliphatic heterocycles. The Labute approximate surface area is 140 Å². The quantitative estimate of drug-likeness (QED) is 0.622. The first-order valence-corrected chi connectivity index (χ1v) is 8.65. The molecule has 3 nitrogen and oxygen atoms in total. The third-order valence-corrected chi connectivity index (χ3v) is 4.54. The molecule has 0 radical (unpaired) electrons. The van der Waals surface area contributed by atoms with Crippen LogP contribution in [0, 0.1) is 12.8 Å². The Bertz CT molecular complexity index is 762. The minimum atomic E-state index is 0.504. The lowest BCUT2D eigenvalue weighted by Crippen LogP contribution is -2.07. The van der Waals surface area contributed by atoms with Crippen LogP contribution in [0.1, 0.15) is 25.0 Å². The molecule has 3 rings (SSSR count). The van der Waals surface area contributed by atoms with Crippen molar-refractivity contribution in [1.29, 1.82) is 0 Å². The summed E-state index contributed by atoms with van der Waals surface area (Å²) in [4.78, 5) is 4.50. The van der Waals surface area contributed by atoms with Crippen molar-refractivity contribution in [3.8, 4) is 10.9 Å². The van der Waals surface area contributed by atoms with Crippen LogP contribution in [0.5, 0.6) is 10.9 Å².